The van der Waals surface area contributed by atoms with Crippen molar-refractivity contribution < 1.29 is 9.90 Å². The van der Waals surface area contributed by atoms with E-state index in [-0.39, 0.29) is 10.7 Å². The molecule has 0 spiro atoms. The second-order valence-electron chi connectivity index (χ2n) is 4.39. The molecule has 9 heteroatoms. The van der Waals surface area contributed by atoms with Crippen molar-refractivity contribution in [2.75, 3.05) is 0 Å². The minimum atomic E-state index is -1.13. The van der Waals surface area contributed by atoms with Crippen molar-refractivity contribution in [3.8, 4) is 11.3 Å². The zero-order valence-electron chi connectivity index (χ0n) is 11.3. The summed E-state index contributed by atoms with van der Waals surface area (Å²) in [6.45, 7) is 0. The van der Waals surface area contributed by atoms with Gasteiger partial charge in [0, 0.05) is 5.56 Å². The standard InChI is InChI=1S/C14H8Cl2N4O2S/c15-8-5-4-7(6-9(8)16)10-2-1-3-11(17-10)23-13-12(14(21)22)18-20-19-13/h1-6H,(H,21,22)(H,18,19,20). The predicted molar refractivity (Wildman–Crippen MR) is 87.2 cm³/mol. The molecule has 3 aromatic rings. The second-order valence-corrected chi connectivity index (χ2v) is 6.21. The van der Waals surface area contributed by atoms with Crippen LogP contribution in [0.5, 0.6) is 0 Å². The van der Waals surface area contributed by atoms with E-state index in [9.17, 15) is 4.79 Å². The van der Waals surface area contributed by atoms with Crippen molar-refractivity contribution in [2.24, 2.45) is 0 Å². The van der Waals surface area contributed by atoms with Gasteiger partial charge in [0.1, 0.15) is 5.03 Å². The normalized spacial score (nSPS) is 10.7. The summed E-state index contributed by atoms with van der Waals surface area (Å²) in [5.74, 6) is -1.13. The lowest BCUT2D eigenvalue weighted by molar-refractivity contribution is 0.0686. The average Bonchev–Trinajstić information content (AvgIpc) is 2.98. The Labute approximate surface area is 144 Å². The first-order chi connectivity index (χ1) is 11.0. The van der Waals surface area contributed by atoms with Crippen LogP contribution in [0.15, 0.2) is 46.5 Å². The van der Waals surface area contributed by atoms with Gasteiger partial charge in [-0.1, -0.05) is 40.5 Å². The van der Waals surface area contributed by atoms with Gasteiger partial charge in [-0.25, -0.2) is 9.78 Å². The molecule has 0 unspecified atom stereocenters. The molecule has 0 aliphatic carbocycles. The zero-order valence-corrected chi connectivity index (χ0v) is 13.7. The van der Waals surface area contributed by atoms with Crippen molar-refractivity contribution in [2.45, 2.75) is 10.1 Å². The molecule has 0 aliphatic rings. The number of aromatic amines is 1. The summed E-state index contributed by atoms with van der Waals surface area (Å²) in [6.07, 6.45) is 0. The molecule has 0 bridgehead atoms. The molecule has 3 rings (SSSR count). The maximum atomic E-state index is 11.1. The van der Waals surface area contributed by atoms with Crippen LogP contribution < -0.4 is 0 Å². The number of carboxylic acid groups (broad SMARTS) is 1. The van der Waals surface area contributed by atoms with Crippen LogP contribution in [0.1, 0.15) is 10.5 Å². The van der Waals surface area contributed by atoms with Gasteiger partial charge in [-0.3, -0.25) is 5.10 Å². The minimum absolute atomic E-state index is 0.0725. The molecule has 116 valence electrons. The third-order valence-corrected chi connectivity index (χ3v) is 4.53. The molecule has 0 fully saturated rings. The number of aromatic nitrogens is 4. The lowest BCUT2D eigenvalue weighted by atomic mass is 10.1. The Morgan fingerprint density at radius 3 is 2.74 bits per heavy atom. The van der Waals surface area contributed by atoms with Crippen LogP contribution in [0, 0.1) is 0 Å². The molecular weight excluding hydrogens is 359 g/mol. The highest BCUT2D eigenvalue weighted by Crippen LogP contribution is 2.31. The van der Waals surface area contributed by atoms with Crippen LogP contribution in [0.2, 0.25) is 10.0 Å². The number of benzene rings is 1. The Kier molecular flexibility index (Phi) is 4.51. The number of carbonyl (C=O) groups is 1. The van der Waals surface area contributed by atoms with Crippen molar-refractivity contribution in [1.29, 1.82) is 0 Å². The maximum Gasteiger partial charge on any atom is 0.356 e. The van der Waals surface area contributed by atoms with Gasteiger partial charge in [-0.2, -0.15) is 0 Å². The summed E-state index contributed by atoms with van der Waals surface area (Å²) in [4.78, 5) is 15.5. The van der Waals surface area contributed by atoms with Crippen LogP contribution in [0.25, 0.3) is 11.3 Å². The molecule has 23 heavy (non-hydrogen) atoms. The van der Waals surface area contributed by atoms with Gasteiger partial charge in [-0.15, -0.1) is 5.10 Å². The highest BCUT2D eigenvalue weighted by Gasteiger charge is 2.16. The molecule has 0 saturated carbocycles. The molecule has 6 nitrogen and oxygen atoms in total. The molecule has 2 heterocycles. The quantitative estimate of drug-likeness (QED) is 0.724. The summed E-state index contributed by atoms with van der Waals surface area (Å²) in [5, 5.41) is 20.4. The summed E-state index contributed by atoms with van der Waals surface area (Å²) < 4.78 is 0. The second kappa shape index (κ2) is 6.57. The van der Waals surface area contributed by atoms with Crippen molar-refractivity contribution >= 4 is 40.9 Å². The number of rotatable bonds is 4. The molecule has 2 N–H and O–H groups in total. The summed E-state index contributed by atoms with van der Waals surface area (Å²) in [6, 6.07) is 10.6. The number of H-pyrrole nitrogens is 1. The van der Waals surface area contributed by atoms with E-state index in [1.165, 1.54) is 0 Å². The number of hydrogen-bond donors (Lipinski definition) is 2. The summed E-state index contributed by atoms with van der Waals surface area (Å²) >= 11 is 13.0. The van der Waals surface area contributed by atoms with Gasteiger partial charge < -0.3 is 5.11 Å². The van der Waals surface area contributed by atoms with Crippen LogP contribution in [0.3, 0.4) is 0 Å². The number of aromatic carboxylic acids is 1. The monoisotopic (exact) mass is 366 g/mol. The van der Waals surface area contributed by atoms with E-state index in [0.29, 0.717) is 20.8 Å². The molecule has 0 atom stereocenters. The number of nitrogens with zero attached hydrogens (tertiary/aromatic N) is 3. The summed E-state index contributed by atoms with van der Waals surface area (Å²) in [5.41, 5.74) is 1.42. The number of hydrogen-bond acceptors (Lipinski definition) is 5. The SMILES string of the molecule is O=C(O)c1[nH]nnc1Sc1cccc(-c2ccc(Cl)c(Cl)c2)n1. The van der Waals surface area contributed by atoms with E-state index in [0.717, 1.165) is 17.3 Å². The number of nitrogens with one attached hydrogen (secondary N) is 1. The van der Waals surface area contributed by atoms with Crippen molar-refractivity contribution in [3.05, 3.63) is 52.1 Å². The Balaban J connectivity index is 1.92. The smallest absolute Gasteiger partial charge is 0.356 e. The Hall–Kier alpha value is -2.09. The molecule has 1 aromatic carbocycles. The highest BCUT2D eigenvalue weighted by atomic mass is 35.5. The van der Waals surface area contributed by atoms with E-state index >= 15 is 0 Å². The van der Waals surface area contributed by atoms with Gasteiger partial charge in [-0.05, 0) is 36.0 Å². The third-order valence-electron chi connectivity index (χ3n) is 2.87. The molecular formula is C14H8Cl2N4O2S. The third kappa shape index (κ3) is 3.47. The van der Waals surface area contributed by atoms with Crippen molar-refractivity contribution in [1.82, 2.24) is 20.4 Å². The fraction of sp³-hybridized carbons (Fsp3) is 0. The lowest BCUT2D eigenvalue weighted by Crippen LogP contribution is -1.98. The fourth-order valence-corrected chi connectivity index (χ4v) is 2.92. The summed E-state index contributed by atoms with van der Waals surface area (Å²) in [7, 11) is 0. The number of carboxylic acids is 1. The van der Waals surface area contributed by atoms with E-state index in [4.69, 9.17) is 28.3 Å². The topological polar surface area (TPSA) is 91.8 Å². The average molecular weight is 367 g/mol. The minimum Gasteiger partial charge on any atom is -0.476 e. The molecule has 0 aliphatic heterocycles. The van der Waals surface area contributed by atoms with Gasteiger partial charge in [0.15, 0.2) is 10.7 Å². The molecule has 0 saturated heterocycles. The largest absolute Gasteiger partial charge is 0.476 e. The van der Waals surface area contributed by atoms with Gasteiger partial charge in [0.25, 0.3) is 0 Å². The Morgan fingerprint density at radius 2 is 2.00 bits per heavy atom. The molecule has 0 amide bonds. The first kappa shape index (κ1) is 15.8. The first-order valence-corrected chi connectivity index (χ1v) is 7.86. The van der Waals surface area contributed by atoms with Crippen LogP contribution in [-0.4, -0.2) is 31.5 Å². The van der Waals surface area contributed by atoms with Gasteiger partial charge >= 0.3 is 5.97 Å². The van der Waals surface area contributed by atoms with E-state index < -0.39 is 5.97 Å². The van der Waals surface area contributed by atoms with E-state index in [1.54, 1.807) is 18.2 Å². The zero-order chi connectivity index (χ0) is 16.4. The highest BCUT2D eigenvalue weighted by molar-refractivity contribution is 7.99. The fourth-order valence-electron chi connectivity index (χ4n) is 1.82. The first-order valence-electron chi connectivity index (χ1n) is 6.29. The molecule has 0 radical (unpaired) electrons. The van der Waals surface area contributed by atoms with Crippen LogP contribution in [0.4, 0.5) is 0 Å². The maximum absolute atomic E-state index is 11.1. The Morgan fingerprint density at radius 1 is 1.17 bits per heavy atom. The van der Waals surface area contributed by atoms with Gasteiger partial charge in [0.05, 0.1) is 15.7 Å². The number of halogens is 2. The predicted octanol–water partition coefficient (Wildman–Crippen LogP) is 4.02. The number of pyridine rings is 1. The van der Waals surface area contributed by atoms with Crippen LogP contribution in [-0.2, 0) is 0 Å². The van der Waals surface area contributed by atoms with E-state index in [2.05, 4.69) is 20.4 Å². The van der Waals surface area contributed by atoms with E-state index in [1.807, 2.05) is 18.2 Å². The Bertz CT molecular complexity index is 885. The molecule has 2 aromatic heterocycles. The van der Waals surface area contributed by atoms with Crippen molar-refractivity contribution in [3.63, 3.8) is 0 Å². The van der Waals surface area contributed by atoms with Gasteiger partial charge in [0.2, 0.25) is 0 Å². The lowest BCUT2D eigenvalue weighted by Gasteiger charge is -2.05. The van der Waals surface area contributed by atoms with Crippen LogP contribution >= 0.6 is 35.0 Å².